The molecule has 0 spiro atoms. The second-order valence-electron chi connectivity index (χ2n) is 5.55. The van der Waals surface area contributed by atoms with Gasteiger partial charge in [0.1, 0.15) is 12.0 Å². The molecular weight excluding hydrogens is 274 g/mol. The molecular formula is C14H15N3O2S. The molecule has 2 aliphatic rings. The second-order valence-corrected chi connectivity index (χ2v) is 6.03. The van der Waals surface area contributed by atoms with Gasteiger partial charge in [-0.25, -0.2) is 4.98 Å². The van der Waals surface area contributed by atoms with Crippen molar-refractivity contribution in [3.8, 4) is 0 Å². The van der Waals surface area contributed by atoms with E-state index in [0.29, 0.717) is 23.4 Å². The van der Waals surface area contributed by atoms with Crippen molar-refractivity contribution in [1.82, 2.24) is 15.6 Å². The predicted octanol–water partition coefficient (Wildman–Crippen LogP) is 1.74. The Kier molecular flexibility index (Phi) is 2.75. The molecule has 3 atom stereocenters. The molecule has 2 bridgehead atoms. The molecule has 5 nitrogen and oxygen atoms in total. The van der Waals surface area contributed by atoms with Crippen molar-refractivity contribution in [1.29, 1.82) is 0 Å². The van der Waals surface area contributed by atoms with E-state index in [1.807, 2.05) is 0 Å². The van der Waals surface area contributed by atoms with Gasteiger partial charge in [0.05, 0.1) is 11.1 Å². The first kappa shape index (κ1) is 12.2. The predicted molar refractivity (Wildman–Crippen MR) is 77.1 cm³/mol. The van der Waals surface area contributed by atoms with E-state index in [0.717, 1.165) is 23.1 Å². The third-order valence-corrected chi connectivity index (χ3v) is 4.64. The fourth-order valence-electron chi connectivity index (χ4n) is 3.27. The van der Waals surface area contributed by atoms with Gasteiger partial charge in [0.2, 0.25) is 0 Å². The van der Waals surface area contributed by atoms with Crippen LogP contribution in [0.3, 0.4) is 0 Å². The number of amides is 1. The Morgan fingerprint density at radius 3 is 3.15 bits per heavy atom. The number of nitrogens with one attached hydrogen (secondary N) is 2. The van der Waals surface area contributed by atoms with Gasteiger partial charge >= 0.3 is 0 Å². The van der Waals surface area contributed by atoms with E-state index >= 15 is 0 Å². The summed E-state index contributed by atoms with van der Waals surface area (Å²) in [5.74, 6) is -0.125. The molecule has 2 saturated heterocycles. The van der Waals surface area contributed by atoms with Crippen LogP contribution >= 0.6 is 12.6 Å². The number of nitrogens with zero attached hydrogens (tertiary/aromatic N) is 1. The summed E-state index contributed by atoms with van der Waals surface area (Å²) in [6, 6.07) is 2.94. The van der Waals surface area contributed by atoms with Crippen LogP contribution in [0.2, 0.25) is 0 Å². The average Bonchev–Trinajstić information content (AvgIpc) is 3.15. The highest BCUT2D eigenvalue weighted by Crippen LogP contribution is 2.28. The minimum Gasteiger partial charge on any atom is -0.462 e. The monoisotopic (exact) mass is 289 g/mol. The average molecular weight is 289 g/mol. The van der Waals surface area contributed by atoms with E-state index in [1.165, 1.54) is 6.42 Å². The lowest BCUT2D eigenvalue weighted by Gasteiger charge is -2.21. The second kappa shape index (κ2) is 4.49. The Morgan fingerprint density at radius 1 is 1.50 bits per heavy atom. The van der Waals surface area contributed by atoms with Gasteiger partial charge in [0.25, 0.3) is 5.91 Å². The van der Waals surface area contributed by atoms with E-state index in [1.54, 1.807) is 18.5 Å². The fraction of sp³-hybridized carbons (Fsp3) is 0.429. The Labute approximate surface area is 121 Å². The third kappa shape index (κ3) is 1.91. The van der Waals surface area contributed by atoms with Crippen LogP contribution in [-0.4, -0.2) is 29.0 Å². The maximum atomic E-state index is 12.3. The summed E-state index contributed by atoms with van der Waals surface area (Å²) in [4.78, 5) is 17.2. The van der Waals surface area contributed by atoms with Gasteiger partial charge < -0.3 is 15.1 Å². The first-order valence-electron chi connectivity index (χ1n) is 6.84. The molecule has 104 valence electrons. The molecule has 0 aliphatic carbocycles. The van der Waals surface area contributed by atoms with Crippen molar-refractivity contribution in [3.63, 3.8) is 0 Å². The molecule has 0 unspecified atom stereocenters. The first-order chi connectivity index (χ1) is 9.70. The van der Waals surface area contributed by atoms with Crippen molar-refractivity contribution in [2.24, 2.45) is 0 Å². The molecule has 1 amide bonds. The Bertz CT molecular complexity index is 684. The number of hydrogen-bond acceptors (Lipinski definition) is 5. The molecule has 4 heterocycles. The minimum absolute atomic E-state index is 0.125. The van der Waals surface area contributed by atoms with Crippen LogP contribution in [0.25, 0.3) is 11.0 Å². The Balaban J connectivity index is 1.56. The van der Waals surface area contributed by atoms with Crippen LogP contribution in [0.4, 0.5) is 0 Å². The number of carbonyl (C=O) groups is 1. The lowest BCUT2D eigenvalue weighted by molar-refractivity contribution is 0.0926. The molecule has 2 aromatic heterocycles. The highest BCUT2D eigenvalue weighted by atomic mass is 32.1. The van der Waals surface area contributed by atoms with Crippen molar-refractivity contribution in [2.75, 3.05) is 0 Å². The summed E-state index contributed by atoms with van der Waals surface area (Å²) in [5.41, 5.74) is 1.06. The smallest absolute Gasteiger partial charge is 0.270 e. The molecule has 20 heavy (non-hydrogen) atoms. The molecule has 0 aromatic carbocycles. The summed E-state index contributed by atoms with van der Waals surface area (Å²) in [6.45, 7) is 0. The third-order valence-electron chi connectivity index (χ3n) is 4.29. The topological polar surface area (TPSA) is 67.2 Å². The number of rotatable bonds is 2. The first-order valence-corrected chi connectivity index (χ1v) is 7.28. The van der Waals surface area contributed by atoms with Crippen molar-refractivity contribution in [2.45, 2.75) is 42.3 Å². The summed E-state index contributed by atoms with van der Waals surface area (Å²) < 4.78 is 5.28. The zero-order chi connectivity index (χ0) is 13.7. The number of fused-ring (bicyclic) bond motifs is 3. The molecule has 0 saturated carbocycles. The van der Waals surface area contributed by atoms with Crippen molar-refractivity contribution >= 4 is 29.5 Å². The van der Waals surface area contributed by atoms with Gasteiger partial charge in [0.15, 0.2) is 5.58 Å². The van der Waals surface area contributed by atoms with Gasteiger partial charge in [-0.2, -0.15) is 0 Å². The van der Waals surface area contributed by atoms with E-state index < -0.39 is 0 Å². The van der Waals surface area contributed by atoms with Gasteiger partial charge in [-0.15, -0.1) is 12.6 Å². The molecule has 2 fully saturated rings. The quantitative estimate of drug-likeness (QED) is 0.737. The van der Waals surface area contributed by atoms with E-state index in [2.05, 4.69) is 28.2 Å². The van der Waals surface area contributed by atoms with Gasteiger partial charge in [0, 0.05) is 23.5 Å². The number of carbonyl (C=O) groups excluding carboxylic acids is 1. The standard InChI is InChI=1S/C14H15N3O2S/c18-14(17-10-3-7-1-2-9(10)16-7)11-4-8-12(5-15-11)19-6-13(8)20/h4-7,9-10,16,20H,1-3H2,(H,17,18)/t7-,9+,10-/m1/s1. The summed E-state index contributed by atoms with van der Waals surface area (Å²) in [7, 11) is 0. The number of aromatic nitrogens is 1. The lowest BCUT2D eigenvalue weighted by Crippen LogP contribution is -2.43. The molecule has 4 rings (SSSR count). The number of pyridine rings is 1. The van der Waals surface area contributed by atoms with E-state index in [4.69, 9.17) is 4.42 Å². The number of hydrogen-bond donors (Lipinski definition) is 3. The van der Waals surface area contributed by atoms with E-state index in [-0.39, 0.29) is 11.9 Å². The van der Waals surface area contributed by atoms with Crippen LogP contribution < -0.4 is 10.6 Å². The largest absolute Gasteiger partial charge is 0.462 e. The summed E-state index contributed by atoms with van der Waals surface area (Å²) in [6.07, 6.45) is 6.51. The molecule has 2 N–H and O–H groups in total. The fourth-order valence-corrected chi connectivity index (χ4v) is 3.50. The van der Waals surface area contributed by atoms with Gasteiger partial charge in [-0.05, 0) is 25.3 Å². The SMILES string of the molecule is O=C(N[C@@H]1C[C@H]2CC[C@@H]1N2)c1cc2c(S)coc2cn1. The molecule has 2 aliphatic heterocycles. The highest BCUT2D eigenvalue weighted by molar-refractivity contribution is 7.80. The zero-order valence-corrected chi connectivity index (χ0v) is 11.7. The molecule has 2 aromatic rings. The van der Waals surface area contributed by atoms with Crippen LogP contribution in [0, 0.1) is 0 Å². The van der Waals surface area contributed by atoms with Crippen LogP contribution in [0.5, 0.6) is 0 Å². The summed E-state index contributed by atoms with van der Waals surface area (Å²) in [5, 5.41) is 7.41. The van der Waals surface area contributed by atoms with Crippen molar-refractivity contribution in [3.05, 3.63) is 24.2 Å². The normalized spacial score (nSPS) is 28.1. The lowest BCUT2D eigenvalue weighted by atomic mass is 9.95. The highest BCUT2D eigenvalue weighted by Gasteiger charge is 2.39. The Hall–Kier alpha value is -1.53. The maximum absolute atomic E-state index is 12.3. The van der Waals surface area contributed by atoms with E-state index in [9.17, 15) is 4.79 Å². The molecule has 6 heteroatoms. The van der Waals surface area contributed by atoms with Gasteiger partial charge in [-0.3, -0.25) is 4.79 Å². The number of furan rings is 1. The van der Waals surface area contributed by atoms with Crippen molar-refractivity contribution < 1.29 is 9.21 Å². The number of thiol groups is 1. The zero-order valence-electron chi connectivity index (χ0n) is 10.8. The Morgan fingerprint density at radius 2 is 2.40 bits per heavy atom. The molecule has 0 radical (unpaired) electrons. The summed E-state index contributed by atoms with van der Waals surface area (Å²) >= 11 is 4.31. The van der Waals surface area contributed by atoms with Crippen LogP contribution in [0.1, 0.15) is 29.8 Å². The van der Waals surface area contributed by atoms with Gasteiger partial charge in [-0.1, -0.05) is 0 Å². The van der Waals surface area contributed by atoms with Crippen LogP contribution in [0.15, 0.2) is 27.8 Å². The maximum Gasteiger partial charge on any atom is 0.270 e. The van der Waals surface area contributed by atoms with Crippen LogP contribution in [-0.2, 0) is 0 Å². The minimum atomic E-state index is -0.125.